The van der Waals surface area contributed by atoms with Crippen molar-refractivity contribution in [2.24, 2.45) is 10.9 Å². The molecule has 0 amide bonds. The van der Waals surface area contributed by atoms with Crippen LogP contribution in [0.3, 0.4) is 0 Å². The highest BCUT2D eigenvalue weighted by Gasteiger charge is 2.57. The number of hydrogen-bond donors (Lipinski definition) is 1. The van der Waals surface area contributed by atoms with E-state index < -0.39 is 11.8 Å². The van der Waals surface area contributed by atoms with Gasteiger partial charge in [0.15, 0.2) is 5.60 Å². The van der Waals surface area contributed by atoms with Gasteiger partial charge in [0.2, 0.25) is 0 Å². The summed E-state index contributed by atoms with van der Waals surface area (Å²) in [5.41, 5.74) is 1.53. The molecule has 1 N–H and O–H groups in total. The molecule has 43 heavy (non-hydrogen) atoms. The normalized spacial score (nSPS) is 25.1. The van der Waals surface area contributed by atoms with Crippen molar-refractivity contribution >= 4 is 29.0 Å². The molecule has 6 bridgehead atoms. The molecule has 1 atom stereocenters. The fourth-order valence-corrected chi connectivity index (χ4v) is 6.71. The van der Waals surface area contributed by atoms with E-state index in [1.165, 1.54) is 0 Å². The molecule has 0 aliphatic carbocycles. The van der Waals surface area contributed by atoms with Gasteiger partial charge in [0.1, 0.15) is 11.5 Å². The Balaban J connectivity index is 1.54. The lowest BCUT2D eigenvalue weighted by Gasteiger charge is -2.43. The Morgan fingerprint density at radius 3 is 2.67 bits per heavy atom. The van der Waals surface area contributed by atoms with E-state index in [0.29, 0.717) is 29.6 Å². The summed E-state index contributed by atoms with van der Waals surface area (Å²) in [5, 5.41) is 8.89. The lowest BCUT2D eigenvalue weighted by Crippen LogP contribution is -2.55. The SMILES string of the molecule is C=C1/N=C(\C=C/C)c2cn(nn2)-c2ccc(NSCCC)cc2N2CCC(C(F)(F)F)(CC2)OCCCC2CCCN1C2. The Morgan fingerprint density at radius 2 is 1.93 bits per heavy atom. The fraction of sp³-hybridized carbons (Fsp3) is 0.581. The molecule has 2 aromatic rings. The molecule has 0 spiro atoms. The summed E-state index contributed by atoms with van der Waals surface area (Å²) < 4.78 is 54.4. The third kappa shape index (κ3) is 7.22. The largest absolute Gasteiger partial charge is 0.417 e. The minimum absolute atomic E-state index is 0.0985. The van der Waals surface area contributed by atoms with Crippen molar-refractivity contribution in [3.63, 3.8) is 0 Å². The quantitative estimate of drug-likeness (QED) is 0.286. The first-order valence-corrected chi connectivity index (χ1v) is 16.3. The van der Waals surface area contributed by atoms with Gasteiger partial charge in [0, 0.05) is 57.1 Å². The fourth-order valence-electron chi connectivity index (χ4n) is 6.11. The molecule has 8 nitrogen and oxygen atoms in total. The minimum Gasteiger partial charge on any atom is -0.369 e. The van der Waals surface area contributed by atoms with Crippen LogP contribution in [0.4, 0.5) is 24.5 Å². The first-order chi connectivity index (χ1) is 20.7. The van der Waals surface area contributed by atoms with Crippen molar-refractivity contribution in [3.8, 4) is 5.69 Å². The Morgan fingerprint density at radius 1 is 1.14 bits per heavy atom. The van der Waals surface area contributed by atoms with Crippen LogP contribution in [-0.2, 0) is 4.74 Å². The highest BCUT2D eigenvalue weighted by atomic mass is 32.2. The number of halogens is 3. The first kappa shape index (κ1) is 31.4. The number of nitrogens with one attached hydrogen (secondary N) is 1. The van der Waals surface area contributed by atoms with E-state index in [1.54, 1.807) is 16.6 Å². The van der Waals surface area contributed by atoms with Crippen LogP contribution in [0.1, 0.15) is 64.5 Å². The topological polar surface area (TPSA) is 70.8 Å². The molecule has 12 heteroatoms. The molecular formula is C31H42F3N7OS. The van der Waals surface area contributed by atoms with E-state index in [-0.39, 0.29) is 32.5 Å². The van der Waals surface area contributed by atoms with Gasteiger partial charge in [-0.1, -0.05) is 36.7 Å². The maximum absolute atomic E-state index is 14.5. The van der Waals surface area contributed by atoms with Crippen molar-refractivity contribution < 1.29 is 17.9 Å². The summed E-state index contributed by atoms with van der Waals surface area (Å²) in [6, 6.07) is 5.88. The van der Waals surface area contributed by atoms with Crippen molar-refractivity contribution in [1.82, 2.24) is 19.9 Å². The smallest absolute Gasteiger partial charge is 0.369 e. The maximum atomic E-state index is 14.5. The summed E-state index contributed by atoms with van der Waals surface area (Å²) in [7, 11) is 0. The summed E-state index contributed by atoms with van der Waals surface area (Å²) in [4.78, 5) is 9.05. The number of fused-ring (bicyclic) bond motifs is 6. The van der Waals surface area contributed by atoms with Crippen LogP contribution < -0.4 is 9.62 Å². The Hall–Kier alpha value is -2.99. The molecule has 2 saturated heterocycles. The van der Waals surface area contributed by atoms with Crippen LogP contribution in [0.2, 0.25) is 0 Å². The van der Waals surface area contributed by atoms with Crippen LogP contribution >= 0.6 is 11.9 Å². The minimum atomic E-state index is -4.44. The highest BCUT2D eigenvalue weighted by molar-refractivity contribution is 8.00. The van der Waals surface area contributed by atoms with Gasteiger partial charge in [0.05, 0.1) is 23.3 Å². The molecule has 4 aliphatic rings. The van der Waals surface area contributed by atoms with Gasteiger partial charge in [-0.05, 0) is 69.2 Å². The summed E-state index contributed by atoms with van der Waals surface area (Å²) in [5.74, 6) is 1.95. The van der Waals surface area contributed by atoms with Crippen molar-refractivity contribution in [1.29, 1.82) is 0 Å². The van der Waals surface area contributed by atoms with Gasteiger partial charge >= 0.3 is 6.18 Å². The van der Waals surface area contributed by atoms with Gasteiger partial charge in [-0.15, -0.1) is 5.10 Å². The van der Waals surface area contributed by atoms with Crippen molar-refractivity contribution in [2.45, 2.75) is 70.6 Å². The number of allylic oxidation sites excluding steroid dienone is 2. The number of alkyl halides is 3. The molecule has 5 heterocycles. The first-order valence-electron chi connectivity index (χ1n) is 15.3. The number of aromatic nitrogens is 3. The number of piperidine rings is 2. The number of aliphatic imine (C=N–C) groups is 1. The second kappa shape index (κ2) is 13.8. The Kier molecular flexibility index (Phi) is 10.1. The molecule has 2 fully saturated rings. The van der Waals surface area contributed by atoms with E-state index in [2.05, 4.69) is 33.4 Å². The van der Waals surface area contributed by atoms with Gasteiger partial charge in [0.25, 0.3) is 0 Å². The lowest BCUT2D eigenvalue weighted by molar-refractivity contribution is -0.284. The zero-order chi connectivity index (χ0) is 30.5. The van der Waals surface area contributed by atoms with Gasteiger partial charge in [-0.3, -0.25) is 0 Å². The van der Waals surface area contributed by atoms with Crippen LogP contribution in [0.5, 0.6) is 0 Å². The Labute approximate surface area is 256 Å². The van der Waals surface area contributed by atoms with Crippen molar-refractivity contribution in [2.75, 3.05) is 48.2 Å². The third-order valence-corrected chi connectivity index (χ3v) is 9.49. The molecule has 4 aliphatic heterocycles. The second-order valence-corrected chi connectivity index (χ2v) is 12.4. The van der Waals surface area contributed by atoms with E-state index in [1.807, 2.05) is 48.4 Å². The number of rotatable bonds is 5. The van der Waals surface area contributed by atoms with E-state index in [9.17, 15) is 13.2 Å². The number of anilines is 2. The van der Waals surface area contributed by atoms with Crippen LogP contribution in [0.25, 0.3) is 5.69 Å². The van der Waals surface area contributed by atoms with Gasteiger partial charge < -0.3 is 19.3 Å². The van der Waals surface area contributed by atoms with Gasteiger partial charge in [-0.2, -0.15) is 13.2 Å². The van der Waals surface area contributed by atoms with E-state index >= 15 is 0 Å². The molecule has 6 rings (SSSR count). The van der Waals surface area contributed by atoms with E-state index in [0.717, 1.165) is 61.6 Å². The predicted octanol–water partition coefficient (Wildman–Crippen LogP) is 7.00. The summed E-state index contributed by atoms with van der Waals surface area (Å²) >= 11 is 1.60. The van der Waals surface area contributed by atoms with Crippen molar-refractivity contribution in [3.05, 3.63) is 54.6 Å². The van der Waals surface area contributed by atoms with Gasteiger partial charge in [-0.25, -0.2) is 9.67 Å². The highest BCUT2D eigenvalue weighted by Crippen LogP contribution is 2.44. The van der Waals surface area contributed by atoms with Crippen LogP contribution in [0, 0.1) is 5.92 Å². The Bertz CT molecular complexity index is 1320. The number of hydrogen-bond acceptors (Lipinski definition) is 8. The molecule has 0 radical (unpaired) electrons. The zero-order valence-electron chi connectivity index (χ0n) is 25.1. The predicted molar refractivity (Wildman–Crippen MR) is 168 cm³/mol. The molecule has 1 unspecified atom stereocenters. The van der Waals surface area contributed by atoms with E-state index in [4.69, 9.17) is 9.73 Å². The second-order valence-electron chi connectivity index (χ2n) is 11.5. The zero-order valence-corrected chi connectivity index (χ0v) is 25.9. The van der Waals surface area contributed by atoms with Crippen LogP contribution in [0.15, 0.2) is 53.9 Å². The molecular weight excluding hydrogens is 575 g/mol. The molecule has 0 saturated carbocycles. The lowest BCUT2D eigenvalue weighted by atomic mass is 9.89. The molecule has 234 valence electrons. The average Bonchev–Trinajstić information content (AvgIpc) is 3.49. The molecule has 1 aromatic carbocycles. The maximum Gasteiger partial charge on any atom is 0.417 e. The monoisotopic (exact) mass is 617 g/mol. The number of benzene rings is 1. The number of nitrogens with zero attached hydrogens (tertiary/aromatic N) is 6. The third-order valence-electron chi connectivity index (χ3n) is 8.50. The standard InChI is InChI=1S/C31H42F3N7OS/c1-4-8-26-27-22-41(38-36-27)28-12-11-25(37-43-19-5-2)20-29(28)39-16-13-30(14-17-39,31(32,33)34)42-18-7-10-24-9-6-15-40(21-24)23(3)35-26/h4,8,11-12,20,22,24,37H,3,5-7,9-10,13-19,21H2,1-2H3/b8-4-,35-26+. The number of ether oxygens (including phenoxy) is 1. The summed E-state index contributed by atoms with van der Waals surface area (Å²) in [6.45, 7) is 10.4. The average molecular weight is 618 g/mol. The van der Waals surface area contributed by atoms with Crippen LogP contribution in [-0.4, -0.2) is 75.9 Å². The molecule has 1 aromatic heterocycles. The summed E-state index contributed by atoms with van der Waals surface area (Å²) in [6.07, 6.45) is 5.39.